The summed E-state index contributed by atoms with van der Waals surface area (Å²) in [4.78, 5) is 23.3. The van der Waals surface area contributed by atoms with Crippen molar-refractivity contribution in [2.24, 2.45) is 0 Å². The van der Waals surface area contributed by atoms with Crippen LogP contribution in [0.3, 0.4) is 0 Å². The maximum Gasteiger partial charge on any atom is 0.408 e. The van der Waals surface area contributed by atoms with Crippen molar-refractivity contribution in [3.63, 3.8) is 0 Å². The Balaban J connectivity index is 2.53. The first-order chi connectivity index (χ1) is 10.3. The molecule has 1 rings (SSSR count). The second-order valence-electron chi connectivity index (χ2n) is 4.78. The number of alkyl carbamates (subject to hydrolysis) is 1. The molecule has 0 saturated heterocycles. The summed E-state index contributed by atoms with van der Waals surface area (Å²) >= 11 is 5.46. The van der Waals surface area contributed by atoms with Crippen molar-refractivity contribution in [1.29, 1.82) is 0 Å². The quantitative estimate of drug-likeness (QED) is 0.720. The minimum atomic E-state index is -3.24. The number of ketones is 1. The fourth-order valence-corrected chi connectivity index (χ4v) is 2.50. The van der Waals surface area contributed by atoms with Crippen molar-refractivity contribution >= 4 is 33.3 Å². The third-order valence-electron chi connectivity index (χ3n) is 2.80. The maximum absolute atomic E-state index is 11.7. The molecule has 0 aliphatic carbocycles. The van der Waals surface area contributed by atoms with Crippen LogP contribution in [0.15, 0.2) is 30.3 Å². The summed E-state index contributed by atoms with van der Waals surface area (Å²) in [6.45, 7) is 0.0561. The second kappa shape index (κ2) is 8.75. The lowest BCUT2D eigenvalue weighted by atomic mass is 10.1. The Labute approximate surface area is 134 Å². The van der Waals surface area contributed by atoms with Gasteiger partial charge in [-0.25, -0.2) is 13.2 Å². The van der Waals surface area contributed by atoms with E-state index in [1.165, 1.54) is 0 Å². The molecule has 1 unspecified atom stereocenters. The fourth-order valence-electron chi connectivity index (χ4n) is 1.65. The van der Waals surface area contributed by atoms with Gasteiger partial charge in [0, 0.05) is 6.26 Å². The highest BCUT2D eigenvalue weighted by Gasteiger charge is 2.22. The van der Waals surface area contributed by atoms with Crippen molar-refractivity contribution in [3.05, 3.63) is 35.9 Å². The topological polar surface area (TPSA) is 89.5 Å². The molecule has 1 amide bonds. The molecule has 0 heterocycles. The fraction of sp³-hybridized carbons (Fsp3) is 0.429. The molecule has 122 valence electrons. The van der Waals surface area contributed by atoms with Gasteiger partial charge in [-0.3, -0.25) is 4.79 Å². The Morgan fingerprint density at radius 3 is 2.45 bits per heavy atom. The molecule has 0 aliphatic rings. The van der Waals surface area contributed by atoms with Gasteiger partial charge < -0.3 is 10.1 Å². The van der Waals surface area contributed by atoms with E-state index in [0.717, 1.165) is 11.8 Å². The smallest absolute Gasteiger partial charge is 0.408 e. The SMILES string of the molecule is CS(=O)(=O)CCC(NC(=O)OCc1ccccc1)C(=O)CCl. The van der Waals surface area contributed by atoms with Crippen molar-refractivity contribution < 1.29 is 22.7 Å². The van der Waals surface area contributed by atoms with Crippen LogP contribution < -0.4 is 5.32 Å². The van der Waals surface area contributed by atoms with Gasteiger partial charge in [-0.1, -0.05) is 30.3 Å². The zero-order chi connectivity index (χ0) is 16.6. The van der Waals surface area contributed by atoms with Gasteiger partial charge >= 0.3 is 6.09 Å². The number of alkyl halides is 1. The van der Waals surface area contributed by atoms with E-state index in [1.54, 1.807) is 12.1 Å². The van der Waals surface area contributed by atoms with E-state index < -0.39 is 27.8 Å². The molecule has 0 fully saturated rings. The van der Waals surface area contributed by atoms with Gasteiger partial charge in [-0.05, 0) is 12.0 Å². The standard InChI is InChI=1S/C14H18ClNO5S/c1-22(19,20)8-7-12(13(17)9-15)16-14(18)21-10-11-5-3-2-4-6-11/h2-6,12H,7-10H2,1H3,(H,16,18). The van der Waals surface area contributed by atoms with E-state index in [1.807, 2.05) is 18.2 Å². The lowest BCUT2D eigenvalue weighted by Crippen LogP contribution is -2.42. The number of carbonyl (C=O) groups excluding carboxylic acids is 2. The van der Waals surface area contributed by atoms with Crippen LogP contribution in [0.5, 0.6) is 0 Å². The number of carbonyl (C=O) groups is 2. The van der Waals surface area contributed by atoms with Crippen LogP contribution >= 0.6 is 11.6 Å². The van der Waals surface area contributed by atoms with Crippen molar-refractivity contribution in [1.82, 2.24) is 5.32 Å². The Morgan fingerprint density at radius 2 is 1.91 bits per heavy atom. The summed E-state index contributed by atoms with van der Waals surface area (Å²) in [6.07, 6.45) is 0.231. The van der Waals surface area contributed by atoms with E-state index in [2.05, 4.69) is 5.32 Å². The molecule has 0 aromatic heterocycles. The van der Waals surface area contributed by atoms with Crippen LogP contribution in [0, 0.1) is 0 Å². The number of amides is 1. The van der Waals surface area contributed by atoms with Gasteiger partial charge in [0.1, 0.15) is 16.4 Å². The molecule has 1 aromatic rings. The predicted molar refractivity (Wildman–Crippen MR) is 83.6 cm³/mol. The maximum atomic E-state index is 11.7. The van der Waals surface area contributed by atoms with E-state index >= 15 is 0 Å². The minimum absolute atomic E-state index is 0.0369. The third-order valence-corrected chi connectivity index (χ3v) is 4.04. The molecule has 8 heteroatoms. The van der Waals surface area contributed by atoms with Gasteiger partial charge in [0.2, 0.25) is 0 Å². The number of sulfone groups is 1. The number of Topliss-reactive ketones (excluding diaryl/α,β-unsaturated/α-hetero) is 1. The van der Waals surface area contributed by atoms with Crippen LogP contribution in [0.1, 0.15) is 12.0 Å². The molecule has 1 aromatic carbocycles. The number of hydrogen-bond acceptors (Lipinski definition) is 5. The highest BCUT2D eigenvalue weighted by molar-refractivity contribution is 7.90. The van der Waals surface area contributed by atoms with Crippen molar-refractivity contribution in [2.75, 3.05) is 17.9 Å². The largest absolute Gasteiger partial charge is 0.445 e. The Bertz CT molecular complexity index is 603. The van der Waals surface area contributed by atoms with Gasteiger partial charge in [0.05, 0.1) is 17.7 Å². The molecular formula is C14H18ClNO5S. The van der Waals surface area contributed by atoms with Crippen molar-refractivity contribution in [3.8, 4) is 0 Å². The molecule has 0 saturated carbocycles. The van der Waals surface area contributed by atoms with Crippen LogP contribution in [0.25, 0.3) is 0 Å². The lowest BCUT2D eigenvalue weighted by molar-refractivity contribution is -0.118. The van der Waals surface area contributed by atoms with Gasteiger partial charge in [-0.2, -0.15) is 0 Å². The molecular weight excluding hydrogens is 330 g/mol. The van der Waals surface area contributed by atoms with Gasteiger partial charge in [-0.15, -0.1) is 11.6 Å². The van der Waals surface area contributed by atoms with Gasteiger partial charge in [0.15, 0.2) is 5.78 Å². The summed E-state index contributed by atoms with van der Waals surface area (Å²) in [5.41, 5.74) is 0.800. The first kappa shape index (κ1) is 18.4. The number of halogens is 1. The van der Waals surface area contributed by atoms with E-state index in [9.17, 15) is 18.0 Å². The average Bonchev–Trinajstić information content (AvgIpc) is 2.48. The number of benzene rings is 1. The Hall–Kier alpha value is -1.60. The summed E-state index contributed by atoms with van der Waals surface area (Å²) < 4.78 is 27.3. The summed E-state index contributed by atoms with van der Waals surface area (Å²) in [7, 11) is -3.24. The third kappa shape index (κ3) is 7.42. The van der Waals surface area contributed by atoms with Crippen LogP contribution in [0.2, 0.25) is 0 Å². The molecule has 0 spiro atoms. The van der Waals surface area contributed by atoms with Crippen LogP contribution in [-0.2, 0) is 26.0 Å². The normalized spacial score (nSPS) is 12.5. The number of nitrogens with one attached hydrogen (secondary N) is 1. The van der Waals surface area contributed by atoms with Gasteiger partial charge in [0.25, 0.3) is 0 Å². The highest BCUT2D eigenvalue weighted by Crippen LogP contribution is 2.03. The molecule has 0 radical (unpaired) electrons. The second-order valence-corrected chi connectivity index (χ2v) is 7.30. The molecule has 1 N–H and O–H groups in total. The van der Waals surface area contributed by atoms with Crippen LogP contribution in [-0.4, -0.2) is 44.2 Å². The first-order valence-electron chi connectivity index (χ1n) is 6.55. The zero-order valence-electron chi connectivity index (χ0n) is 12.1. The van der Waals surface area contributed by atoms with Crippen LogP contribution in [0.4, 0.5) is 4.79 Å². The Kier molecular flexibility index (Phi) is 7.34. The molecule has 22 heavy (non-hydrogen) atoms. The lowest BCUT2D eigenvalue weighted by Gasteiger charge is -2.16. The Morgan fingerprint density at radius 1 is 1.27 bits per heavy atom. The highest BCUT2D eigenvalue weighted by atomic mass is 35.5. The average molecular weight is 348 g/mol. The zero-order valence-corrected chi connectivity index (χ0v) is 13.7. The molecule has 6 nitrogen and oxygen atoms in total. The monoisotopic (exact) mass is 347 g/mol. The van der Waals surface area contributed by atoms with Crippen molar-refractivity contribution in [2.45, 2.75) is 19.1 Å². The minimum Gasteiger partial charge on any atom is -0.445 e. The van der Waals surface area contributed by atoms with E-state index in [0.29, 0.717) is 0 Å². The summed E-state index contributed by atoms with van der Waals surface area (Å²) in [6, 6.07) is 8.06. The predicted octanol–water partition coefficient (Wildman–Crippen LogP) is 1.52. The van der Waals surface area contributed by atoms with E-state index in [-0.39, 0.29) is 24.7 Å². The number of hydrogen-bond donors (Lipinski definition) is 1. The molecule has 0 bridgehead atoms. The molecule has 0 aliphatic heterocycles. The first-order valence-corrected chi connectivity index (χ1v) is 9.15. The number of rotatable bonds is 8. The molecule has 1 atom stereocenters. The summed E-state index contributed by atoms with van der Waals surface area (Å²) in [5.74, 6) is -0.992. The number of ether oxygens (including phenoxy) is 1. The van der Waals surface area contributed by atoms with E-state index in [4.69, 9.17) is 16.3 Å². The summed E-state index contributed by atoms with van der Waals surface area (Å²) in [5, 5.41) is 2.35.